The van der Waals surface area contributed by atoms with E-state index in [1.54, 1.807) is 35.6 Å². The standard InChI is InChI=1S/C28H30N2O3S/c29-27(19-6-11-23(12-7-19)33-17-16-30-14-2-1-3-15-30)26-24-13-10-22(32)18-25(24)34-28(26)20-4-8-21(31)9-5-20/h4-13,18,27,31-32H,1-3,14-17,29H2. The fourth-order valence-electron chi connectivity index (χ4n) is 4.65. The van der Waals surface area contributed by atoms with Crippen molar-refractivity contribution in [2.24, 2.45) is 5.73 Å². The Hall–Kier alpha value is -3.06. The van der Waals surface area contributed by atoms with Crippen LogP contribution in [-0.2, 0) is 0 Å². The molecule has 3 aromatic carbocycles. The molecule has 2 heterocycles. The van der Waals surface area contributed by atoms with E-state index in [1.165, 1.54) is 32.4 Å². The number of thiophene rings is 1. The SMILES string of the molecule is NC(c1ccc(OCCN2CCCCC2)cc1)c1c(-c2ccc(O)cc2)sc2cc(O)ccc12. The smallest absolute Gasteiger partial charge is 0.119 e. The highest BCUT2D eigenvalue weighted by atomic mass is 32.1. The largest absolute Gasteiger partial charge is 0.508 e. The van der Waals surface area contributed by atoms with Crippen LogP contribution in [0.4, 0.5) is 0 Å². The number of aromatic hydroxyl groups is 2. The number of likely N-dealkylation sites (tertiary alicyclic amines) is 1. The summed E-state index contributed by atoms with van der Waals surface area (Å²) in [6.07, 6.45) is 3.92. The quantitative estimate of drug-likeness (QED) is 0.311. The second-order valence-electron chi connectivity index (χ2n) is 8.87. The van der Waals surface area contributed by atoms with Gasteiger partial charge in [0.1, 0.15) is 23.9 Å². The molecule has 0 bridgehead atoms. The van der Waals surface area contributed by atoms with Gasteiger partial charge >= 0.3 is 0 Å². The van der Waals surface area contributed by atoms with Gasteiger partial charge in [-0.05, 0) is 103 Å². The minimum absolute atomic E-state index is 0.226. The van der Waals surface area contributed by atoms with E-state index in [1.807, 2.05) is 42.5 Å². The number of piperidine rings is 1. The molecule has 1 atom stereocenters. The van der Waals surface area contributed by atoms with Crippen molar-refractivity contribution < 1.29 is 14.9 Å². The number of nitrogens with zero attached hydrogens (tertiary/aromatic N) is 1. The highest BCUT2D eigenvalue weighted by Gasteiger charge is 2.21. The first-order chi connectivity index (χ1) is 16.6. The lowest BCUT2D eigenvalue weighted by atomic mass is 9.94. The zero-order valence-electron chi connectivity index (χ0n) is 19.1. The van der Waals surface area contributed by atoms with Crippen LogP contribution < -0.4 is 10.5 Å². The third-order valence-electron chi connectivity index (χ3n) is 6.52. The van der Waals surface area contributed by atoms with Gasteiger partial charge in [-0.2, -0.15) is 0 Å². The van der Waals surface area contributed by atoms with E-state index in [9.17, 15) is 10.2 Å². The summed E-state index contributed by atoms with van der Waals surface area (Å²) >= 11 is 1.60. The van der Waals surface area contributed by atoms with Gasteiger partial charge in [-0.25, -0.2) is 0 Å². The van der Waals surface area contributed by atoms with Crippen LogP contribution in [0.2, 0.25) is 0 Å². The Bertz CT molecular complexity index is 1250. The normalized spacial score (nSPS) is 15.4. The molecule has 1 saturated heterocycles. The molecular formula is C28H30N2O3S. The maximum atomic E-state index is 10.0. The average Bonchev–Trinajstić information content (AvgIpc) is 3.23. The number of hydrogen-bond acceptors (Lipinski definition) is 6. The Morgan fingerprint density at radius 1 is 0.882 bits per heavy atom. The van der Waals surface area contributed by atoms with Crippen molar-refractivity contribution in [3.8, 4) is 27.7 Å². The number of benzene rings is 3. The minimum atomic E-state index is -0.343. The van der Waals surface area contributed by atoms with Crippen molar-refractivity contribution in [3.05, 3.63) is 77.9 Å². The molecule has 6 heteroatoms. The predicted octanol–water partition coefficient (Wildman–Crippen LogP) is 5.89. The molecule has 0 spiro atoms. The lowest BCUT2D eigenvalue weighted by Gasteiger charge is -2.26. The van der Waals surface area contributed by atoms with Crippen LogP contribution in [0.3, 0.4) is 0 Å². The van der Waals surface area contributed by atoms with Crippen LogP contribution in [-0.4, -0.2) is 41.4 Å². The molecule has 1 fully saturated rings. The van der Waals surface area contributed by atoms with E-state index in [0.717, 1.165) is 43.9 Å². The van der Waals surface area contributed by atoms with Gasteiger partial charge in [0.25, 0.3) is 0 Å². The lowest BCUT2D eigenvalue weighted by Crippen LogP contribution is -2.33. The molecule has 5 nitrogen and oxygen atoms in total. The summed E-state index contributed by atoms with van der Waals surface area (Å²) in [5, 5.41) is 20.8. The van der Waals surface area contributed by atoms with Crippen LogP contribution in [0.15, 0.2) is 66.7 Å². The zero-order chi connectivity index (χ0) is 23.5. The monoisotopic (exact) mass is 474 g/mol. The van der Waals surface area contributed by atoms with E-state index in [0.29, 0.717) is 6.61 Å². The van der Waals surface area contributed by atoms with Crippen LogP contribution in [0, 0.1) is 0 Å². The maximum Gasteiger partial charge on any atom is 0.119 e. The Labute approximate surface area is 204 Å². The van der Waals surface area contributed by atoms with Gasteiger partial charge in [0.2, 0.25) is 0 Å². The number of rotatable bonds is 7. The summed E-state index contributed by atoms with van der Waals surface area (Å²) in [7, 11) is 0. The molecule has 4 aromatic rings. The second kappa shape index (κ2) is 10.1. The molecule has 0 radical (unpaired) electrons. The third-order valence-corrected chi connectivity index (χ3v) is 7.73. The van der Waals surface area contributed by atoms with Crippen LogP contribution >= 0.6 is 11.3 Å². The first-order valence-electron chi connectivity index (χ1n) is 11.8. The van der Waals surface area contributed by atoms with Gasteiger partial charge in [0, 0.05) is 16.1 Å². The van der Waals surface area contributed by atoms with E-state index < -0.39 is 0 Å². The highest BCUT2D eigenvalue weighted by Crippen LogP contribution is 2.44. The molecule has 0 aliphatic carbocycles. The summed E-state index contributed by atoms with van der Waals surface area (Å²) < 4.78 is 6.97. The molecule has 4 N–H and O–H groups in total. The first kappa shape index (κ1) is 22.7. The Kier molecular flexibility index (Phi) is 6.72. The van der Waals surface area contributed by atoms with Gasteiger partial charge in [0.15, 0.2) is 0 Å². The highest BCUT2D eigenvalue weighted by molar-refractivity contribution is 7.22. The number of phenols is 2. The summed E-state index contributed by atoms with van der Waals surface area (Å²) in [5.74, 6) is 1.31. The van der Waals surface area contributed by atoms with E-state index in [-0.39, 0.29) is 17.5 Å². The average molecular weight is 475 g/mol. The summed E-state index contributed by atoms with van der Waals surface area (Å²) in [5.41, 5.74) is 9.83. The summed E-state index contributed by atoms with van der Waals surface area (Å²) in [6, 6.07) is 20.3. The van der Waals surface area contributed by atoms with E-state index >= 15 is 0 Å². The van der Waals surface area contributed by atoms with E-state index in [4.69, 9.17) is 10.5 Å². The van der Waals surface area contributed by atoms with Crippen molar-refractivity contribution in [2.45, 2.75) is 25.3 Å². The fourth-order valence-corrected chi connectivity index (χ4v) is 5.94. The van der Waals surface area contributed by atoms with Crippen LogP contribution in [0.5, 0.6) is 17.2 Å². The predicted molar refractivity (Wildman–Crippen MR) is 139 cm³/mol. The fraction of sp³-hybridized carbons (Fsp3) is 0.286. The van der Waals surface area contributed by atoms with Crippen LogP contribution in [0.25, 0.3) is 20.5 Å². The molecule has 176 valence electrons. The second-order valence-corrected chi connectivity index (χ2v) is 9.92. The molecule has 5 rings (SSSR count). The van der Waals surface area contributed by atoms with Gasteiger partial charge in [-0.3, -0.25) is 4.90 Å². The van der Waals surface area contributed by atoms with Gasteiger partial charge in [0.05, 0.1) is 6.04 Å². The molecule has 0 saturated carbocycles. The van der Waals surface area contributed by atoms with Crippen molar-refractivity contribution >= 4 is 21.4 Å². The molecule has 1 unspecified atom stereocenters. The minimum Gasteiger partial charge on any atom is -0.508 e. The Morgan fingerprint density at radius 2 is 1.59 bits per heavy atom. The molecule has 0 amide bonds. The number of hydrogen-bond donors (Lipinski definition) is 3. The topological polar surface area (TPSA) is 79.0 Å². The van der Waals surface area contributed by atoms with Gasteiger partial charge in [-0.1, -0.05) is 18.6 Å². The lowest BCUT2D eigenvalue weighted by molar-refractivity contribution is 0.183. The third kappa shape index (κ3) is 4.89. The van der Waals surface area contributed by atoms with Crippen molar-refractivity contribution in [2.75, 3.05) is 26.2 Å². The molecule has 1 aliphatic heterocycles. The van der Waals surface area contributed by atoms with Crippen molar-refractivity contribution in [1.82, 2.24) is 4.90 Å². The molecule has 1 aliphatic rings. The Balaban J connectivity index is 1.38. The number of nitrogens with two attached hydrogens (primary N) is 1. The number of ether oxygens (including phenoxy) is 1. The molecule has 34 heavy (non-hydrogen) atoms. The van der Waals surface area contributed by atoms with Crippen molar-refractivity contribution in [1.29, 1.82) is 0 Å². The van der Waals surface area contributed by atoms with Gasteiger partial charge < -0.3 is 20.7 Å². The number of phenolic OH excluding ortho intramolecular Hbond substituents is 2. The molecular weight excluding hydrogens is 444 g/mol. The van der Waals surface area contributed by atoms with Gasteiger partial charge in [-0.15, -0.1) is 11.3 Å². The summed E-state index contributed by atoms with van der Waals surface area (Å²) in [6.45, 7) is 4.00. The Morgan fingerprint density at radius 3 is 2.32 bits per heavy atom. The summed E-state index contributed by atoms with van der Waals surface area (Å²) in [4.78, 5) is 3.51. The van der Waals surface area contributed by atoms with Crippen LogP contribution in [0.1, 0.15) is 36.4 Å². The van der Waals surface area contributed by atoms with Crippen molar-refractivity contribution in [3.63, 3.8) is 0 Å². The maximum absolute atomic E-state index is 10.0. The molecule has 1 aromatic heterocycles. The zero-order valence-corrected chi connectivity index (χ0v) is 19.9. The number of fused-ring (bicyclic) bond motifs is 1. The van der Waals surface area contributed by atoms with E-state index in [2.05, 4.69) is 4.90 Å². The first-order valence-corrected chi connectivity index (χ1v) is 12.7.